The van der Waals surface area contributed by atoms with Gasteiger partial charge >= 0.3 is 5.97 Å². The van der Waals surface area contributed by atoms with Gasteiger partial charge in [0.2, 0.25) is 0 Å². The number of methoxy groups -OCH3 is 2. The van der Waals surface area contributed by atoms with Crippen LogP contribution in [0.25, 0.3) is 0 Å². The molecule has 0 bridgehead atoms. The number of hydrogen-bond acceptors (Lipinski definition) is 7. The lowest BCUT2D eigenvalue weighted by atomic mass is 9.99. The number of nitrogens with zero attached hydrogens (tertiary/aromatic N) is 2. The van der Waals surface area contributed by atoms with Gasteiger partial charge in [0.1, 0.15) is 17.1 Å². The molecule has 170 valence electrons. The van der Waals surface area contributed by atoms with Gasteiger partial charge in [-0.25, -0.2) is 4.79 Å². The maximum absolute atomic E-state index is 12.8. The zero-order valence-electron chi connectivity index (χ0n) is 18.4. The third-order valence-electron chi connectivity index (χ3n) is 5.37. The van der Waals surface area contributed by atoms with Crippen molar-refractivity contribution in [2.75, 3.05) is 27.4 Å². The summed E-state index contributed by atoms with van der Waals surface area (Å²) in [4.78, 5) is 31.1. The van der Waals surface area contributed by atoms with Gasteiger partial charge in [-0.1, -0.05) is 12.1 Å². The quantitative estimate of drug-likeness (QED) is 0.510. The number of para-hydroxylation sites is 1. The van der Waals surface area contributed by atoms with Gasteiger partial charge in [-0.15, -0.1) is 0 Å². The zero-order valence-corrected chi connectivity index (χ0v) is 18.4. The molecule has 0 radical (unpaired) electrons. The van der Waals surface area contributed by atoms with Gasteiger partial charge < -0.3 is 23.8 Å². The summed E-state index contributed by atoms with van der Waals surface area (Å²) >= 11 is 0. The van der Waals surface area contributed by atoms with Crippen molar-refractivity contribution in [2.24, 2.45) is 0 Å². The number of ether oxygens (including phenoxy) is 4. The molecule has 0 saturated carbocycles. The molecule has 3 aromatic rings. The highest BCUT2D eigenvalue weighted by Crippen LogP contribution is 2.33. The summed E-state index contributed by atoms with van der Waals surface area (Å²) in [6, 6.07) is 14.0. The van der Waals surface area contributed by atoms with Crippen molar-refractivity contribution in [2.45, 2.75) is 13.0 Å². The van der Waals surface area contributed by atoms with Gasteiger partial charge in [-0.3, -0.25) is 9.78 Å². The maximum atomic E-state index is 12.8. The highest BCUT2D eigenvalue weighted by atomic mass is 16.5. The van der Waals surface area contributed by atoms with Crippen LogP contribution in [0.5, 0.6) is 23.0 Å². The summed E-state index contributed by atoms with van der Waals surface area (Å²) in [7, 11) is 3.17. The van der Waals surface area contributed by atoms with E-state index < -0.39 is 5.97 Å². The molecule has 1 aromatic heterocycles. The van der Waals surface area contributed by atoms with Gasteiger partial charge in [0, 0.05) is 19.3 Å². The molecule has 0 spiro atoms. The highest BCUT2D eigenvalue weighted by molar-refractivity contribution is 5.94. The number of carbonyl (C=O) groups excluding carboxylic acids is 2. The molecule has 0 aliphatic carbocycles. The van der Waals surface area contributed by atoms with Gasteiger partial charge in [0.05, 0.1) is 20.4 Å². The van der Waals surface area contributed by atoms with Crippen LogP contribution < -0.4 is 14.2 Å². The molecule has 4 rings (SSSR count). The lowest BCUT2D eigenvalue weighted by Gasteiger charge is -2.29. The number of benzene rings is 2. The Labute approximate surface area is 191 Å². The van der Waals surface area contributed by atoms with E-state index in [1.807, 2.05) is 12.1 Å². The minimum Gasteiger partial charge on any atom is -0.493 e. The second kappa shape index (κ2) is 10.0. The van der Waals surface area contributed by atoms with E-state index in [1.165, 1.54) is 0 Å². The predicted molar refractivity (Wildman–Crippen MR) is 120 cm³/mol. The Morgan fingerprint density at radius 3 is 2.45 bits per heavy atom. The lowest BCUT2D eigenvalue weighted by Crippen LogP contribution is -2.38. The standard InChI is InChI=1S/C25H24N2O6/c1-30-22-12-17-9-11-27(15-18(17)13-23(22)31-2)24(28)16-32-25(29)20-7-3-4-8-21(20)33-19-6-5-10-26-14-19/h3-8,10,12-14H,9,11,15-16H2,1-2H3. The van der Waals surface area contributed by atoms with Crippen molar-refractivity contribution in [3.63, 3.8) is 0 Å². The van der Waals surface area contributed by atoms with Crippen molar-refractivity contribution in [1.29, 1.82) is 0 Å². The highest BCUT2D eigenvalue weighted by Gasteiger charge is 2.24. The van der Waals surface area contributed by atoms with E-state index in [4.69, 9.17) is 18.9 Å². The first-order chi connectivity index (χ1) is 16.1. The monoisotopic (exact) mass is 448 g/mol. The molecule has 8 heteroatoms. The van der Waals surface area contributed by atoms with E-state index in [0.29, 0.717) is 42.5 Å². The molecule has 8 nitrogen and oxygen atoms in total. The molecule has 0 unspecified atom stereocenters. The van der Waals surface area contributed by atoms with Crippen LogP contribution in [0.2, 0.25) is 0 Å². The first-order valence-corrected chi connectivity index (χ1v) is 10.4. The van der Waals surface area contributed by atoms with Crippen LogP contribution in [-0.2, 0) is 22.5 Å². The molecule has 33 heavy (non-hydrogen) atoms. The van der Waals surface area contributed by atoms with E-state index in [9.17, 15) is 9.59 Å². The summed E-state index contributed by atoms with van der Waals surface area (Å²) in [5.74, 6) is 1.20. The van der Waals surface area contributed by atoms with E-state index >= 15 is 0 Å². The van der Waals surface area contributed by atoms with E-state index in [-0.39, 0.29) is 18.1 Å². The smallest absolute Gasteiger partial charge is 0.342 e. The van der Waals surface area contributed by atoms with Crippen LogP contribution in [0.3, 0.4) is 0 Å². The molecule has 0 atom stereocenters. The number of amides is 1. The number of carbonyl (C=O) groups is 2. The van der Waals surface area contributed by atoms with E-state index in [2.05, 4.69) is 4.98 Å². The fourth-order valence-corrected chi connectivity index (χ4v) is 3.65. The lowest BCUT2D eigenvalue weighted by molar-refractivity contribution is -0.135. The van der Waals surface area contributed by atoms with Crippen LogP contribution >= 0.6 is 0 Å². The average molecular weight is 448 g/mol. The fourth-order valence-electron chi connectivity index (χ4n) is 3.65. The largest absolute Gasteiger partial charge is 0.493 e. The Balaban J connectivity index is 1.39. The van der Waals surface area contributed by atoms with E-state index in [1.54, 1.807) is 67.9 Å². The Morgan fingerprint density at radius 1 is 0.970 bits per heavy atom. The van der Waals surface area contributed by atoms with Crippen molar-refractivity contribution in [1.82, 2.24) is 9.88 Å². The molecule has 0 saturated heterocycles. The topological polar surface area (TPSA) is 87.2 Å². The molecule has 0 N–H and O–H groups in total. The minimum absolute atomic E-state index is 0.231. The second-order valence-electron chi connectivity index (χ2n) is 7.40. The number of fused-ring (bicyclic) bond motifs is 1. The fraction of sp³-hybridized carbons (Fsp3) is 0.240. The number of esters is 1. The van der Waals surface area contributed by atoms with Crippen molar-refractivity contribution >= 4 is 11.9 Å². The number of rotatable bonds is 7. The van der Waals surface area contributed by atoms with Crippen LogP contribution in [-0.4, -0.2) is 49.1 Å². The first kappa shape index (κ1) is 22.1. The summed E-state index contributed by atoms with van der Waals surface area (Å²) in [6.45, 7) is 0.578. The Bertz CT molecular complexity index is 1150. The molecule has 1 aliphatic rings. The Morgan fingerprint density at radius 2 is 1.73 bits per heavy atom. The second-order valence-corrected chi connectivity index (χ2v) is 7.40. The number of hydrogen-bond donors (Lipinski definition) is 0. The predicted octanol–water partition coefficient (Wildman–Crippen LogP) is 3.63. The zero-order chi connectivity index (χ0) is 23.2. The van der Waals surface area contributed by atoms with Gasteiger partial charge in [0.15, 0.2) is 18.1 Å². The van der Waals surface area contributed by atoms with Gasteiger partial charge in [-0.2, -0.15) is 0 Å². The minimum atomic E-state index is -0.633. The summed E-state index contributed by atoms with van der Waals surface area (Å²) < 4.78 is 21.8. The van der Waals surface area contributed by atoms with Crippen LogP contribution in [0.15, 0.2) is 60.9 Å². The third-order valence-corrected chi connectivity index (χ3v) is 5.37. The van der Waals surface area contributed by atoms with Crippen LogP contribution in [0.4, 0.5) is 0 Å². The third kappa shape index (κ3) is 5.06. The Hall–Kier alpha value is -4.07. The van der Waals surface area contributed by atoms with Crippen molar-refractivity contribution in [3.8, 4) is 23.0 Å². The van der Waals surface area contributed by atoms with Gasteiger partial charge in [0.25, 0.3) is 5.91 Å². The normalized spacial score (nSPS) is 12.5. The number of aromatic nitrogens is 1. The molecule has 2 heterocycles. The van der Waals surface area contributed by atoms with Gasteiger partial charge in [-0.05, 0) is 53.9 Å². The van der Waals surface area contributed by atoms with Crippen LogP contribution in [0.1, 0.15) is 21.5 Å². The summed E-state index contributed by atoms with van der Waals surface area (Å²) in [6.07, 6.45) is 3.85. The number of pyridine rings is 1. The molecule has 2 aromatic carbocycles. The van der Waals surface area contributed by atoms with Crippen LogP contribution in [0, 0.1) is 0 Å². The SMILES string of the molecule is COc1cc2c(cc1OC)CN(C(=O)COC(=O)c1ccccc1Oc1cccnc1)CC2. The van der Waals surface area contributed by atoms with Crippen molar-refractivity contribution in [3.05, 3.63) is 77.6 Å². The van der Waals surface area contributed by atoms with E-state index in [0.717, 1.165) is 11.1 Å². The molecular weight excluding hydrogens is 424 g/mol. The maximum Gasteiger partial charge on any atom is 0.342 e. The summed E-state index contributed by atoms with van der Waals surface area (Å²) in [5, 5.41) is 0. The molecule has 1 amide bonds. The first-order valence-electron chi connectivity index (χ1n) is 10.4. The molecule has 1 aliphatic heterocycles. The molecule has 0 fully saturated rings. The van der Waals surface area contributed by atoms with Crippen molar-refractivity contribution < 1.29 is 28.5 Å². The Kier molecular flexibility index (Phi) is 6.73. The summed E-state index contributed by atoms with van der Waals surface area (Å²) in [5.41, 5.74) is 2.32. The average Bonchev–Trinajstić information content (AvgIpc) is 2.86. The molecular formula is C25H24N2O6.